The van der Waals surface area contributed by atoms with Gasteiger partial charge in [-0.1, -0.05) is 79.7 Å². The van der Waals surface area contributed by atoms with Gasteiger partial charge in [0.1, 0.15) is 0 Å². The molecule has 0 aliphatic heterocycles. The van der Waals surface area contributed by atoms with Crippen molar-refractivity contribution in [3.05, 3.63) is 83.5 Å². The third kappa shape index (κ3) is 5.10. The molecule has 3 aromatic rings. The summed E-state index contributed by atoms with van der Waals surface area (Å²) < 4.78 is 5.16. The molecule has 0 radical (unpaired) electrons. The maximum atomic E-state index is 12.2. The van der Waals surface area contributed by atoms with Gasteiger partial charge in [0.15, 0.2) is 5.82 Å². The predicted octanol–water partition coefficient (Wildman–Crippen LogP) is 3.69. The van der Waals surface area contributed by atoms with Gasteiger partial charge in [-0.15, -0.1) is 0 Å². The van der Waals surface area contributed by atoms with Gasteiger partial charge in [-0.3, -0.25) is 4.79 Å². The lowest BCUT2D eigenvalue weighted by atomic mass is 10.0. The van der Waals surface area contributed by atoms with Gasteiger partial charge in [0.05, 0.1) is 5.71 Å². The van der Waals surface area contributed by atoms with Crippen molar-refractivity contribution in [2.45, 2.75) is 32.6 Å². The average molecular weight is 362 g/mol. The van der Waals surface area contributed by atoms with E-state index in [0.29, 0.717) is 23.8 Å². The summed E-state index contributed by atoms with van der Waals surface area (Å²) >= 11 is 0. The third-order valence-corrected chi connectivity index (χ3v) is 3.95. The Balaban J connectivity index is 1.67. The van der Waals surface area contributed by atoms with E-state index in [4.69, 9.17) is 4.52 Å². The molecule has 1 N–H and O–H groups in total. The number of nitrogens with one attached hydrogen (secondary N) is 1. The van der Waals surface area contributed by atoms with Crippen molar-refractivity contribution >= 4 is 11.6 Å². The molecule has 3 rings (SSSR count). The average Bonchev–Trinajstić information content (AvgIpc) is 3.18. The molecule has 1 heterocycles. The van der Waals surface area contributed by atoms with Crippen molar-refractivity contribution in [2.75, 3.05) is 0 Å². The smallest absolute Gasteiger partial charge is 0.240 e. The molecule has 27 heavy (non-hydrogen) atoms. The number of carbonyl (C=O) groups is 1. The van der Waals surface area contributed by atoms with E-state index in [0.717, 1.165) is 11.1 Å². The summed E-state index contributed by atoms with van der Waals surface area (Å²) in [5.74, 6) is 1.10. The second-order valence-electron chi connectivity index (χ2n) is 6.43. The number of hydrogen-bond acceptors (Lipinski definition) is 5. The van der Waals surface area contributed by atoms with Crippen LogP contribution in [0.15, 0.2) is 70.3 Å². The molecule has 0 saturated heterocycles. The molecular weight excluding hydrogens is 340 g/mol. The van der Waals surface area contributed by atoms with Crippen molar-refractivity contribution in [3.63, 3.8) is 0 Å². The van der Waals surface area contributed by atoms with E-state index in [1.165, 1.54) is 0 Å². The lowest BCUT2D eigenvalue weighted by Gasteiger charge is -2.07. The molecule has 1 amide bonds. The van der Waals surface area contributed by atoms with E-state index < -0.39 is 0 Å². The monoisotopic (exact) mass is 362 g/mol. The standard InChI is InChI=1S/C21H22N4O2/c1-15(2)21-22-19(27-25-21)14-13-18(26)23-24-20(16-9-5-3-6-10-16)17-11-7-4-8-12-17/h3-12,15H,13-14H2,1-2H3,(H,23,26). The van der Waals surface area contributed by atoms with Crippen LogP contribution in [0.2, 0.25) is 0 Å². The highest BCUT2D eigenvalue weighted by Gasteiger charge is 2.12. The fourth-order valence-electron chi connectivity index (χ4n) is 2.49. The van der Waals surface area contributed by atoms with E-state index in [2.05, 4.69) is 20.7 Å². The molecule has 0 aliphatic carbocycles. The minimum Gasteiger partial charge on any atom is -0.339 e. The number of amides is 1. The maximum Gasteiger partial charge on any atom is 0.240 e. The topological polar surface area (TPSA) is 80.4 Å². The molecule has 0 aliphatic rings. The van der Waals surface area contributed by atoms with Gasteiger partial charge in [0, 0.05) is 29.9 Å². The zero-order valence-corrected chi connectivity index (χ0v) is 15.4. The summed E-state index contributed by atoms with van der Waals surface area (Å²) in [6, 6.07) is 19.5. The normalized spacial score (nSPS) is 10.6. The van der Waals surface area contributed by atoms with Crippen LogP contribution in [0.3, 0.4) is 0 Å². The Morgan fingerprint density at radius 1 is 1.04 bits per heavy atom. The minimum atomic E-state index is -0.205. The lowest BCUT2D eigenvalue weighted by molar-refractivity contribution is -0.121. The van der Waals surface area contributed by atoms with Gasteiger partial charge >= 0.3 is 0 Å². The first-order valence-electron chi connectivity index (χ1n) is 8.93. The molecule has 6 heteroatoms. The Morgan fingerprint density at radius 3 is 2.15 bits per heavy atom. The second kappa shape index (κ2) is 8.89. The van der Waals surface area contributed by atoms with Crippen LogP contribution in [0.25, 0.3) is 0 Å². The number of rotatable bonds is 7. The SMILES string of the molecule is CC(C)c1noc(CCC(=O)NN=C(c2ccccc2)c2ccccc2)n1. The molecule has 0 atom stereocenters. The number of aryl methyl sites for hydroxylation is 1. The van der Waals surface area contributed by atoms with Crippen LogP contribution in [-0.2, 0) is 11.2 Å². The Bertz CT molecular complexity index is 861. The van der Waals surface area contributed by atoms with Gasteiger partial charge in [-0.25, -0.2) is 5.43 Å². The fourth-order valence-corrected chi connectivity index (χ4v) is 2.49. The third-order valence-electron chi connectivity index (χ3n) is 3.95. The van der Waals surface area contributed by atoms with Crippen LogP contribution < -0.4 is 5.43 Å². The van der Waals surface area contributed by atoms with E-state index in [1.807, 2.05) is 74.5 Å². The molecule has 2 aromatic carbocycles. The van der Waals surface area contributed by atoms with Crippen LogP contribution in [-0.4, -0.2) is 21.8 Å². The quantitative estimate of drug-likeness (QED) is 0.513. The second-order valence-corrected chi connectivity index (χ2v) is 6.43. The van der Waals surface area contributed by atoms with Crippen molar-refractivity contribution in [1.29, 1.82) is 0 Å². The van der Waals surface area contributed by atoms with E-state index in [-0.39, 0.29) is 18.2 Å². The Kier molecular flexibility index (Phi) is 6.10. The van der Waals surface area contributed by atoms with Crippen molar-refractivity contribution in [3.8, 4) is 0 Å². The van der Waals surface area contributed by atoms with Crippen LogP contribution >= 0.6 is 0 Å². The Morgan fingerprint density at radius 2 is 1.63 bits per heavy atom. The molecule has 0 bridgehead atoms. The first-order valence-corrected chi connectivity index (χ1v) is 8.93. The first-order chi connectivity index (χ1) is 13.1. The molecule has 6 nitrogen and oxygen atoms in total. The van der Waals surface area contributed by atoms with Crippen LogP contribution in [0.5, 0.6) is 0 Å². The highest BCUT2D eigenvalue weighted by molar-refractivity contribution is 6.13. The number of hydrogen-bond donors (Lipinski definition) is 1. The van der Waals surface area contributed by atoms with Crippen LogP contribution in [0, 0.1) is 0 Å². The van der Waals surface area contributed by atoms with Gasteiger partial charge in [0.2, 0.25) is 11.8 Å². The summed E-state index contributed by atoms with van der Waals surface area (Å²) in [5.41, 5.74) is 5.22. The van der Waals surface area contributed by atoms with E-state index >= 15 is 0 Å². The largest absolute Gasteiger partial charge is 0.339 e. The summed E-state index contributed by atoms with van der Waals surface area (Å²) in [5, 5.41) is 8.26. The van der Waals surface area contributed by atoms with Gasteiger partial charge in [0.25, 0.3) is 0 Å². The van der Waals surface area contributed by atoms with Crippen LogP contribution in [0.1, 0.15) is 49.0 Å². The molecule has 0 unspecified atom stereocenters. The number of benzene rings is 2. The summed E-state index contributed by atoms with van der Waals surface area (Å²) in [4.78, 5) is 16.5. The van der Waals surface area contributed by atoms with Gasteiger partial charge in [-0.2, -0.15) is 10.1 Å². The summed E-state index contributed by atoms with van der Waals surface area (Å²) in [6.45, 7) is 3.98. The number of nitrogens with zero attached hydrogens (tertiary/aromatic N) is 3. The molecular formula is C21H22N4O2. The van der Waals surface area contributed by atoms with Gasteiger partial charge < -0.3 is 4.52 Å². The maximum absolute atomic E-state index is 12.2. The highest BCUT2D eigenvalue weighted by Crippen LogP contribution is 2.12. The Hall–Kier alpha value is -3.28. The molecule has 0 spiro atoms. The van der Waals surface area contributed by atoms with E-state index in [1.54, 1.807) is 0 Å². The molecule has 138 valence electrons. The predicted molar refractivity (Wildman–Crippen MR) is 103 cm³/mol. The lowest BCUT2D eigenvalue weighted by Crippen LogP contribution is -2.21. The molecule has 0 fully saturated rings. The summed E-state index contributed by atoms with van der Waals surface area (Å²) in [6.07, 6.45) is 0.604. The van der Waals surface area contributed by atoms with E-state index in [9.17, 15) is 4.79 Å². The zero-order chi connectivity index (χ0) is 19.1. The zero-order valence-electron chi connectivity index (χ0n) is 15.4. The van der Waals surface area contributed by atoms with Crippen LogP contribution in [0.4, 0.5) is 0 Å². The van der Waals surface area contributed by atoms with Crippen molar-refractivity contribution in [1.82, 2.24) is 15.6 Å². The van der Waals surface area contributed by atoms with Gasteiger partial charge in [-0.05, 0) is 0 Å². The Labute approximate surface area is 158 Å². The highest BCUT2D eigenvalue weighted by atomic mass is 16.5. The number of carbonyl (C=O) groups excluding carboxylic acids is 1. The van der Waals surface area contributed by atoms with Crippen molar-refractivity contribution in [2.24, 2.45) is 5.10 Å². The van der Waals surface area contributed by atoms with Crippen molar-refractivity contribution < 1.29 is 9.32 Å². The summed E-state index contributed by atoms with van der Waals surface area (Å²) in [7, 11) is 0. The fraction of sp³-hybridized carbons (Fsp3) is 0.238. The first kappa shape index (κ1) is 18.5. The molecule has 1 aromatic heterocycles. The number of aromatic nitrogens is 2. The molecule has 0 saturated carbocycles. The minimum absolute atomic E-state index is 0.195. The number of hydrazone groups is 1.